The molecule has 0 radical (unpaired) electrons. The van der Waals surface area contributed by atoms with Crippen LogP contribution in [0.2, 0.25) is 0 Å². The first kappa shape index (κ1) is 60.5. The van der Waals surface area contributed by atoms with E-state index in [1.54, 1.807) is 4.68 Å². The molecule has 6 aliphatic rings. The second kappa shape index (κ2) is 25.1. The quantitative estimate of drug-likeness (QED) is 0.0831. The number of nitrogens with zero attached hydrogens (tertiary/aromatic N) is 12. The standard InChI is InChI=1S/C21H29F2N5O.C20H27F2N5O.C19H25F2N5O/c1-14-9-15(2)28(25-14)20-11-17(26(3)18-12-29-13-18)10-19(24-20)27(4)16-5-7-21(22,23)8-6-16;1-13-8-14(2)27(25-13)19-10-16(26(3)17-11-28-12-17)9-18(24-19)23-15-4-6-20(21,22)7-5-15;1-12-7-13(2)26(25-12)18-9-15(22-16-10-27-11-16)8-17(24-18)23-14-3-5-19(20,21)6-4-14/h9-11,16,18H,5-8,12-13H2,1-4H3;8-10,15,17H,4-7,11-12H2,1-3H3,(H,23,24);7-9,14,16H,3-6,10-11H2,1-2H3,(H2,22,23,24). The average molecular weight is 1170 g/mol. The SMILES string of the molecule is Cc1cc(C)n(-c2cc(N(C)C3COC3)cc(N(C)C3CCC(F)(F)CC3)n2)n1.Cc1cc(C)n(-c2cc(N(C)C3COC3)cc(NC3CCC(F)(F)CC3)n2)n1.Cc1cc(C)n(-c2cc(NC3COC3)cc(NC3CCC(F)(F)CC3)n2)n1. The number of pyridine rings is 3. The Bertz CT molecular complexity index is 3180. The van der Waals surface area contributed by atoms with Crippen LogP contribution < -0.4 is 30.7 Å². The summed E-state index contributed by atoms with van der Waals surface area (Å²) in [6.45, 7) is 16.0. The van der Waals surface area contributed by atoms with E-state index in [0.29, 0.717) is 108 Å². The van der Waals surface area contributed by atoms with Gasteiger partial charge in [-0.05, 0) is 98.3 Å². The van der Waals surface area contributed by atoms with Crippen molar-refractivity contribution in [1.29, 1.82) is 0 Å². The Kier molecular flexibility index (Phi) is 18.1. The van der Waals surface area contributed by atoms with E-state index < -0.39 is 17.8 Å². The zero-order chi connectivity index (χ0) is 59.7. The summed E-state index contributed by atoms with van der Waals surface area (Å²) in [7, 11) is 6.05. The number of aromatic nitrogens is 9. The third kappa shape index (κ3) is 14.9. The van der Waals surface area contributed by atoms with E-state index in [1.165, 1.54) is 0 Å². The van der Waals surface area contributed by atoms with Gasteiger partial charge >= 0.3 is 0 Å². The Morgan fingerprint density at radius 3 is 1.18 bits per heavy atom. The molecule has 0 unspecified atom stereocenters. The summed E-state index contributed by atoms with van der Waals surface area (Å²) in [4.78, 5) is 20.7. The molecule has 0 atom stereocenters. The fraction of sp³-hybridized carbons (Fsp3) is 0.600. The van der Waals surface area contributed by atoms with Gasteiger partial charge in [-0.1, -0.05) is 0 Å². The molecule has 0 aromatic carbocycles. The zero-order valence-electron chi connectivity index (χ0n) is 49.7. The van der Waals surface area contributed by atoms with E-state index in [1.807, 2.05) is 120 Å². The smallest absolute Gasteiger partial charge is 0.248 e. The van der Waals surface area contributed by atoms with Crippen LogP contribution in [0.25, 0.3) is 17.5 Å². The van der Waals surface area contributed by atoms with Crippen LogP contribution >= 0.6 is 0 Å². The lowest BCUT2D eigenvalue weighted by Crippen LogP contribution is -2.47. The van der Waals surface area contributed by atoms with Crippen molar-refractivity contribution in [3.8, 4) is 17.5 Å². The van der Waals surface area contributed by atoms with E-state index in [2.05, 4.69) is 53.0 Å². The topological polar surface area (TPSA) is 166 Å². The van der Waals surface area contributed by atoms with Gasteiger partial charge in [0.25, 0.3) is 0 Å². The number of hydrogen-bond donors (Lipinski definition) is 3. The summed E-state index contributed by atoms with van der Waals surface area (Å²) in [5, 5.41) is 23.8. The molecule has 84 heavy (non-hydrogen) atoms. The number of rotatable bonds is 15. The lowest BCUT2D eigenvalue weighted by molar-refractivity contribution is -0.0380. The number of anilines is 6. The van der Waals surface area contributed by atoms with Gasteiger partial charge in [-0.2, -0.15) is 15.3 Å². The van der Waals surface area contributed by atoms with Crippen molar-refractivity contribution in [2.24, 2.45) is 0 Å². The van der Waals surface area contributed by atoms with Crippen LogP contribution in [-0.2, 0) is 14.2 Å². The van der Waals surface area contributed by atoms with Crippen LogP contribution in [0.15, 0.2) is 54.6 Å². The molecule has 24 heteroatoms. The second-order valence-corrected chi connectivity index (χ2v) is 24.0. The lowest BCUT2D eigenvalue weighted by atomic mass is 9.91. The van der Waals surface area contributed by atoms with Crippen molar-refractivity contribution in [3.05, 3.63) is 88.8 Å². The van der Waals surface area contributed by atoms with Crippen molar-refractivity contribution in [3.63, 3.8) is 0 Å². The largest absolute Gasteiger partial charge is 0.377 e. The Balaban J connectivity index is 0.000000140. The summed E-state index contributed by atoms with van der Waals surface area (Å²) < 4.78 is 102. The van der Waals surface area contributed by atoms with E-state index in [9.17, 15) is 26.3 Å². The predicted molar refractivity (Wildman–Crippen MR) is 314 cm³/mol. The fourth-order valence-electron chi connectivity index (χ4n) is 11.5. The van der Waals surface area contributed by atoms with Crippen LogP contribution in [0.5, 0.6) is 0 Å². The van der Waals surface area contributed by atoms with Gasteiger partial charge in [0, 0.05) is 148 Å². The first-order valence-corrected chi connectivity index (χ1v) is 29.4. The highest BCUT2D eigenvalue weighted by molar-refractivity contribution is 5.62. The van der Waals surface area contributed by atoms with Crippen molar-refractivity contribution in [1.82, 2.24) is 44.3 Å². The molecule has 12 rings (SSSR count). The molecule has 9 heterocycles. The van der Waals surface area contributed by atoms with Gasteiger partial charge in [-0.3, -0.25) is 0 Å². The molecule has 3 saturated carbocycles. The predicted octanol–water partition coefficient (Wildman–Crippen LogP) is 11.1. The summed E-state index contributed by atoms with van der Waals surface area (Å²) in [6, 6.07) is 19.0. The van der Waals surface area contributed by atoms with E-state index in [0.717, 1.165) is 68.7 Å². The van der Waals surface area contributed by atoms with E-state index >= 15 is 0 Å². The molecule has 0 amide bonds. The Labute approximate surface area is 488 Å². The third-order valence-electron chi connectivity index (χ3n) is 17.0. The Hall–Kier alpha value is -6.66. The first-order chi connectivity index (χ1) is 39.9. The highest BCUT2D eigenvalue weighted by atomic mass is 19.3. The molecule has 3 aliphatic heterocycles. The number of ether oxygens (including phenoxy) is 3. The maximum atomic E-state index is 13.6. The number of nitrogens with one attached hydrogen (secondary N) is 3. The summed E-state index contributed by atoms with van der Waals surface area (Å²) >= 11 is 0. The minimum atomic E-state index is -2.54. The van der Waals surface area contributed by atoms with Crippen molar-refractivity contribution in [2.75, 3.05) is 91.4 Å². The van der Waals surface area contributed by atoms with Gasteiger partial charge in [0.05, 0.1) is 74.8 Å². The number of aryl methyl sites for hydroxylation is 6. The number of alkyl halides is 6. The molecule has 456 valence electrons. The van der Waals surface area contributed by atoms with E-state index in [-0.39, 0.29) is 62.7 Å². The zero-order valence-corrected chi connectivity index (χ0v) is 49.7. The molecule has 3 N–H and O–H groups in total. The van der Waals surface area contributed by atoms with Gasteiger partial charge in [0.1, 0.15) is 17.5 Å². The molecule has 6 fully saturated rings. The highest BCUT2D eigenvalue weighted by Gasteiger charge is 2.39. The Morgan fingerprint density at radius 1 is 0.417 bits per heavy atom. The summed E-state index contributed by atoms with van der Waals surface area (Å²) in [5.74, 6) is -3.28. The third-order valence-corrected chi connectivity index (χ3v) is 17.0. The van der Waals surface area contributed by atoms with Crippen LogP contribution in [-0.4, -0.2) is 159 Å². The minimum Gasteiger partial charge on any atom is -0.377 e. The van der Waals surface area contributed by atoms with Crippen LogP contribution in [0, 0.1) is 41.5 Å². The molecule has 3 saturated heterocycles. The average Bonchev–Trinajstić information content (AvgIpc) is 3.74. The first-order valence-electron chi connectivity index (χ1n) is 29.4. The van der Waals surface area contributed by atoms with Gasteiger partial charge < -0.3 is 44.9 Å². The molecule has 18 nitrogen and oxygen atoms in total. The van der Waals surface area contributed by atoms with Crippen molar-refractivity contribution >= 4 is 34.5 Å². The Morgan fingerprint density at radius 2 is 0.798 bits per heavy atom. The molecule has 6 aromatic rings. The van der Waals surface area contributed by atoms with Gasteiger partial charge in [0.15, 0.2) is 17.5 Å². The number of likely N-dealkylation sites (N-methyl/N-ethyl adjacent to an activating group) is 2. The van der Waals surface area contributed by atoms with Crippen molar-refractivity contribution < 1.29 is 40.6 Å². The van der Waals surface area contributed by atoms with E-state index in [4.69, 9.17) is 29.2 Å². The second-order valence-electron chi connectivity index (χ2n) is 24.0. The maximum absolute atomic E-state index is 13.6. The molecule has 0 bridgehead atoms. The minimum absolute atomic E-state index is 0.00714. The van der Waals surface area contributed by atoms with Crippen LogP contribution in [0.1, 0.15) is 111 Å². The number of hydrogen-bond acceptors (Lipinski definition) is 15. The molecule has 0 spiro atoms. The monoisotopic (exact) mass is 1170 g/mol. The van der Waals surface area contributed by atoms with Crippen molar-refractivity contribution in [2.45, 2.75) is 173 Å². The highest BCUT2D eigenvalue weighted by Crippen LogP contribution is 2.39. The van der Waals surface area contributed by atoms with Gasteiger partial charge in [-0.25, -0.2) is 55.3 Å². The molecule has 6 aromatic heterocycles. The fourth-order valence-corrected chi connectivity index (χ4v) is 11.5. The molecular weight excluding hydrogens is 1090 g/mol. The summed E-state index contributed by atoms with van der Waals surface area (Å²) in [6.07, 6.45) is 2.28. The normalized spacial score (nSPS) is 20.0. The molecular formula is C60H81F6N15O3. The number of halogens is 6. The van der Waals surface area contributed by atoms with Crippen LogP contribution in [0.3, 0.4) is 0 Å². The van der Waals surface area contributed by atoms with Gasteiger partial charge in [-0.15, -0.1) is 0 Å². The maximum Gasteiger partial charge on any atom is 0.248 e. The summed E-state index contributed by atoms with van der Waals surface area (Å²) in [5.41, 5.74) is 8.73. The lowest BCUT2D eigenvalue weighted by Gasteiger charge is -2.38. The molecule has 3 aliphatic carbocycles. The van der Waals surface area contributed by atoms with Crippen LogP contribution in [0.4, 0.5) is 60.9 Å². The van der Waals surface area contributed by atoms with Gasteiger partial charge in [0.2, 0.25) is 17.8 Å².